The number of quaternary nitrogens is 1. The molecule has 2 atom stereocenters. The normalized spacial score (nSPS) is 13.2. The number of nitrogens with one attached hydrogen (secondary N) is 2. The number of amides is 2. The van der Waals surface area contributed by atoms with Crippen molar-refractivity contribution >= 4 is 23.2 Å². The van der Waals surface area contributed by atoms with Gasteiger partial charge in [-0.05, 0) is 26.0 Å². The Labute approximate surface area is 115 Å². The van der Waals surface area contributed by atoms with E-state index >= 15 is 0 Å². The summed E-state index contributed by atoms with van der Waals surface area (Å²) in [5.74, 6) is -0.732. The van der Waals surface area contributed by atoms with Crippen LogP contribution in [0, 0.1) is 10.1 Å². The summed E-state index contributed by atoms with van der Waals surface area (Å²) in [7, 11) is 0. The van der Waals surface area contributed by atoms with Crippen LogP contribution < -0.4 is 16.4 Å². The number of carbonyl (C=O) groups excluding carboxylic acids is 2. The van der Waals surface area contributed by atoms with Gasteiger partial charge in [0.1, 0.15) is 6.04 Å². The lowest BCUT2D eigenvalue weighted by Gasteiger charge is -2.14. The number of benzene rings is 1. The SMILES string of the molecule is C[C@H]([NH3+])C(=O)N[C@@H](C)C(=O)Nc1ccc([N+](=O)[O-])cc1. The van der Waals surface area contributed by atoms with Crippen molar-refractivity contribution in [2.24, 2.45) is 0 Å². The Morgan fingerprint density at radius 1 is 1.20 bits per heavy atom. The second-order valence-electron chi connectivity index (χ2n) is 4.42. The minimum Gasteiger partial charge on any atom is -0.348 e. The first kappa shape index (κ1) is 15.6. The van der Waals surface area contributed by atoms with Crippen LogP contribution in [0.4, 0.5) is 11.4 Å². The molecule has 0 saturated carbocycles. The number of non-ortho nitro benzene ring substituents is 1. The fourth-order valence-electron chi connectivity index (χ4n) is 1.34. The third-order valence-electron chi connectivity index (χ3n) is 2.55. The first-order valence-corrected chi connectivity index (χ1v) is 6.00. The molecular formula is C12H17N4O4+. The lowest BCUT2D eigenvalue weighted by atomic mass is 10.2. The summed E-state index contributed by atoms with van der Waals surface area (Å²) in [6.45, 7) is 3.16. The number of nitro benzene ring substituents is 1. The molecule has 1 aromatic rings. The monoisotopic (exact) mass is 281 g/mol. The van der Waals surface area contributed by atoms with E-state index in [2.05, 4.69) is 16.4 Å². The fraction of sp³-hybridized carbons (Fsp3) is 0.333. The molecule has 8 nitrogen and oxygen atoms in total. The Hall–Kier alpha value is -2.48. The Kier molecular flexibility index (Phi) is 5.15. The smallest absolute Gasteiger partial charge is 0.278 e. The predicted octanol–water partition coefficient (Wildman–Crippen LogP) is -0.332. The number of nitrogens with zero attached hydrogens (tertiary/aromatic N) is 1. The van der Waals surface area contributed by atoms with E-state index in [1.54, 1.807) is 13.8 Å². The third-order valence-corrected chi connectivity index (χ3v) is 2.55. The highest BCUT2D eigenvalue weighted by Crippen LogP contribution is 2.15. The summed E-state index contributed by atoms with van der Waals surface area (Å²) in [6.07, 6.45) is 0. The molecular weight excluding hydrogens is 264 g/mol. The predicted molar refractivity (Wildman–Crippen MR) is 71.7 cm³/mol. The van der Waals surface area contributed by atoms with E-state index in [9.17, 15) is 19.7 Å². The molecule has 108 valence electrons. The van der Waals surface area contributed by atoms with Gasteiger partial charge in [0.15, 0.2) is 6.04 Å². The topological polar surface area (TPSA) is 129 Å². The standard InChI is InChI=1S/C12H16N4O4/c1-7(13)11(17)14-8(2)12(18)15-9-3-5-10(6-4-9)16(19)20/h3-8H,13H2,1-2H3,(H,14,17)(H,15,18)/p+1/t7-,8-/m0/s1. The van der Waals surface area contributed by atoms with Crippen LogP contribution in [0.2, 0.25) is 0 Å². The van der Waals surface area contributed by atoms with Crippen molar-refractivity contribution < 1.29 is 20.2 Å². The first-order chi connectivity index (χ1) is 9.31. The Balaban J connectivity index is 2.61. The summed E-state index contributed by atoms with van der Waals surface area (Å²) in [4.78, 5) is 33.2. The third kappa shape index (κ3) is 4.32. The minimum absolute atomic E-state index is 0.0600. The maximum Gasteiger partial charge on any atom is 0.278 e. The number of hydrogen-bond donors (Lipinski definition) is 3. The van der Waals surface area contributed by atoms with Gasteiger partial charge < -0.3 is 16.4 Å². The summed E-state index contributed by atoms with van der Waals surface area (Å²) in [5, 5.41) is 15.6. The van der Waals surface area contributed by atoms with E-state index in [4.69, 9.17) is 0 Å². The lowest BCUT2D eigenvalue weighted by molar-refractivity contribution is -0.398. The maximum atomic E-state index is 11.8. The molecule has 20 heavy (non-hydrogen) atoms. The average molecular weight is 281 g/mol. The zero-order valence-corrected chi connectivity index (χ0v) is 11.3. The molecule has 0 aromatic heterocycles. The molecule has 0 aliphatic rings. The second-order valence-corrected chi connectivity index (χ2v) is 4.42. The Morgan fingerprint density at radius 3 is 2.20 bits per heavy atom. The van der Waals surface area contributed by atoms with Crippen LogP contribution >= 0.6 is 0 Å². The number of hydrogen-bond acceptors (Lipinski definition) is 4. The molecule has 2 amide bonds. The molecule has 0 radical (unpaired) electrons. The van der Waals surface area contributed by atoms with Gasteiger partial charge in [-0.2, -0.15) is 0 Å². The lowest BCUT2D eigenvalue weighted by Crippen LogP contribution is -2.67. The largest absolute Gasteiger partial charge is 0.348 e. The van der Waals surface area contributed by atoms with Crippen molar-refractivity contribution in [3.63, 3.8) is 0 Å². The van der Waals surface area contributed by atoms with Crippen LogP contribution in [-0.4, -0.2) is 28.8 Å². The van der Waals surface area contributed by atoms with E-state index in [0.717, 1.165) is 0 Å². The second kappa shape index (κ2) is 6.62. The summed E-state index contributed by atoms with van der Waals surface area (Å²) in [5.41, 5.74) is 3.91. The molecule has 0 aliphatic carbocycles. The van der Waals surface area contributed by atoms with E-state index in [1.807, 2.05) is 0 Å². The summed E-state index contributed by atoms with van der Waals surface area (Å²) >= 11 is 0. The minimum atomic E-state index is -0.720. The molecule has 0 heterocycles. The van der Waals surface area contributed by atoms with E-state index in [-0.39, 0.29) is 11.6 Å². The van der Waals surface area contributed by atoms with Crippen LogP contribution in [0.1, 0.15) is 13.8 Å². The highest BCUT2D eigenvalue weighted by atomic mass is 16.6. The van der Waals surface area contributed by atoms with Crippen molar-refractivity contribution in [3.05, 3.63) is 34.4 Å². The van der Waals surface area contributed by atoms with Crippen LogP contribution in [0.15, 0.2) is 24.3 Å². The highest BCUT2D eigenvalue weighted by molar-refractivity contribution is 5.97. The van der Waals surface area contributed by atoms with Gasteiger partial charge in [-0.1, -0.05) is 0 Å². The quantitative estimate of drug-likeness (QED) is 0.504. The Morgan fingerprint density at radius 2 is 1.75 bits per heavy atom. The van der Waals surface area contributed by atoms with Crippen LogP contribution in [0.5, 0.6) is 0 Å². The van der Waals surface area contributed by atoms with Crippen molar-refractivity contribution in [3.8, 4) is 0 Å². The van der Waals surface area contributed by atoms with Crippen LogP contribution in [-0.2, 0) is 9.59 Å². The molecule has 5 N–H and O–H groups in total. The van der Waals surface area contributed by atoms with E-state index in [1.165, 1.54) is 24.3 Å². The molecule has 0 bridgehead atoms. The van der Waals surface area contributed by atoms with E-state index < -0.39 is 22.9 Å². The number of carbonyl (C=O) groups is 2. The number of rotatable bonds is 5. The molecule has 0 spiro atoms. The zero-order chi connectivity index (χ0) is 15.3. The van der Waals surface area contributed by atoms with Gasteiger partial charge in [0, 0.05) is 17.8 Å². The van der Waals surface area contributed by atoms with Crippen molar-refractivity contribution in [2.45, 2.75) is 25.9 Å². The van der Waals surface area contributed by atoms with Gasteiger partial charge in [0.2, 0.25) is 5.91 Å². The van der Waals surface area contributed by atoms with Crippen LogP contribution in [0.3, 0.4) is 0 Å². The van der Waals surface area contributed by atoms with Gasteiger partial charge in [-0.25, -0.2) is 0 Å². The van der Waals surface area contributed by atoms with Crippen molar-refractivity contribution in [1.29, 1.82) is 0 Å². The molecule has 0 unspecified atom stereocenters. The van der Waals surface area contributed by atoms with Crippen LogP contribution in [0.25, 0.3) is 0 Å². The number of nitro groups is 1. The molecule has 0 aliphatic heterocycles. The molecule has 1 aromatic carbocycles. The molecule has 0 fully saturated rings. The zero-order valence-electron chi connectivity index (χ0n) is 11.3. The molecule has 1 rings (SSSR count). The molecule has 8 heteroatoms. The first-order valence-electron chi connectivity index (χ1n) is 6.00. The van der Waals surface area contributed by atoms with Gasteiger partial charge in [0.05, 0.1) is 4.92 Å². The van der Waals surface area contributed by atoms with Gasteiger partial charge in [-0.15, -0.1) is 0 Å². The highest BCUT2D eigenvalue weighted by Gasteiger charge is 2.19. The number of anilines is 1. The average Bonchev–Trinajstić information content (AvgIpc) is 2.38. The maximum absolute atomic E-state index is 11.8. The summed E-state index contributed by atoms with van der Waals surface area (Å²) in [6, 6.07) is 4.25. The fourth-order valence-corrected chi connectivity index (χ4v) is 1.34. The van der Waals surface area contributed by atoms with Gasteiger partial charge in [0.25, 0.3) is 11.6 Å². The van der Waals surface area contributed by atoms with Gasteiger partial charge in [-0.3, -0.25) is 19.7 Å². The van der Waals surface area contributed by atoms with Gasteiger partial charge >= 0.3 is 0 Å². The Bertz CT molecular complexity index is 513. The van der Waals surface area contributed by atoms with Crippen molar-refractivity contribution in [2.75, 3.05) is 5.32 Å². The molecule has 0 saturated heterocycles. The summed E-state index contributed by atoms with van der Waals surface area (Å²) < 4.78 is 0. The van der Waals surface area contributed by atoms with E-state index in [0.29, 0.717) is 5.69 Å². The van der Waals surface area contributed by atoms with Crippen molar-refractivity contribution in [1.82, 2.24) is 5.32 Å².